The van der Waals surface area contributed by atoms with Crippen molar-refractivity contribution < 1.29 is 29.3 Å². The number of aliphatic hydroxyl groups excluding tert-OH is 1. The van der Waals surface area contributed by atoms with Gasteiger partial charge >= 0.3 is 0 Å². The van der Waals surface area contributed by atoms with Crippen molar-refractivity contribution in [2.45, 2.75) is 61.4 Å². The molecule has 2 aliphatic heterocycles. The molecule has 6 nitrogen and oxygen atoms in total. The minimum atomic E-state index is -1.42. The molecule has 1 aromatic carbocycles. The molecule has 144 valence electrons. The highest BCUT2D eigenvalue weighted by Crippen LogP contribution is 2.65. The first-order chi connectivity index (χ1) is 12.8. The van der Waals surface area contributed by atoms with Crippen molar-refractivity contribution >= 4 is 5.78 Å². The van der Waals surface area contributed by atoms with Gasteiger partial charge in [-0.15, -0.1) is 0 Å². The number of likely N-dealkylation sites (N-methyl/N-ethyl adjacent to an activating group) is 1. The second kappa shape index (κ2) is 4.67. The molecule has 6 heteroatoms. The van der Waals surface area contributed by atoms with Crippen LogP contribution in [0.2, 0.25) is 0 Å². The zero-order valence-corrected chi connectivity index (χ0v) is 15.5. The number of benzene rings is 1. The molecule has 2 bridgehead atoms. The predicted octanol–water partition coefficient (Wildman–Crippen LogP) is 0.641. The molecule has 5 aliphatic rings. The summed E-state index contributed by atoms with van der Waals surface area (Å²) in [6.45, 7) is 1.85. The second-order valence-corrected chi connectivity index (χ2v) is 9.73. The molecule has 1 saturated heterocycles. The van der Waals surface area contributed by atoms with Crippen molar-refractivity contribution in [3.05, 3.63) is 23.3 Å². The number of Topliss-reactive ketones (excluding diaryl/α,β-unsaturated/α-hetero) is 1. The summed E-state index contributed by atoms with van der Waals surface area (Å²) in [7, 11) is 2.20. The fraction of sp³-hybridized carbons (Fsp3) is 0.667. The van der Waals surface area contributed by atoms with Gasteiger partial charge in [-0.1, -0.05) is 6.07 Å². The van der Waals surface area contributed by atoms with Gasteiger partial charge in [0.1, 0.15) is 6.04 Å². The average Bonchev–Trinajstić information content (AvgIpc) is 3.34. The van der Waals surface area contributed by atoms with Crippen LogP contribution in [0.4, 0.5) is 0 Å². The quantitative estimate of drug-likeness (QED) is 0.664. The molecule has 6 atom stereocenters. The summed E-state index contributed by atoms with van der Waals surface area (Å²) in [5, 5.41) is 33.6. The number of hydrogen-bond acceptors (Lipinski definition) is 5. The molecular formula is C21H26NO5+. The Morgan fingerprint density at radius 2 is 2.07 bits per heavy atom. The Bertz CT molecular complexity index is 882. The van der Waals surface area contributed by atoms with E-state index in [0.717, 1.165) is 28.7 Å². The molecule has 0 aromatic heterocycles. The van der Waals surface area contributed by atoms with Gasteiger partial charge in [0.2, 0.25) is 0 Å². The fourth-order valence-corrected chi connectivity index (χ4v) is 6.97. The number of nitrogens with zero attached hydrogens (tertiary/aromatic N) is 1. The van der Waals surface area contributed by atoms with Gasteiger partial charge in [-0.3, -0.25) is 4.79 Å². The number of carbonyl (C=O) groups excluding carboxylic acids is 1. The molecule has 1 unspecified atom stereocenters. The van der Waals surface area contributed by atoms with E-state index in [9.17, 15) is 20.1 Å². The topological polar surface area (TPSA) is 87.0 Å². The molecule has 3 N–H and O–H groups in total. The van der Waals surface area contributed by atoms with Crippen LogP contribution < -0.4 is 4.74 Å². The van der Waals surface area contributed by atoms with Crippen LogP contribution >= 0.6 is 0 Å². The maximum atomic E-state index is 12.9. The minimum Gasteiger partial charge on any atom is -0.504 e. The first-order valence-electron chi connectivity index (χ1n) is 10.1. The number of quaternary nitrogens is 1. The molecule has 3 aliphatic carbocycles. The molecular weight excluding hydrogens is 346 g/mol. The van der Waals surface area contributed by atoms with Crippen molar-refractivity contribution in [1.82, 2.24) is 0 Å². The van der Waals surface area contributed by atoms with E-state index >= 15 is 0 Å². The Balaban J connectivity index is 1.63. The smallest absolute Gasteiger partial charge is 0.177 e. The maximum Gasteiger partial charge on any atom is 0.177 e. The normalized spacial score (nSPS) is 46.8. The Hall–Kier alpha value is -1.63. The number of phenols is 1. The summed E-state index contributed by atoms with van der Waals surface area (Å²) < 4.78 is 6.75. The Morgan fingerprint density at radius 3 is 2.81 bits per heavy atom. The van der Waals surface area contributed by atoms with Crippen LogP contribution in [0.1, 0.15) is 36.8 Å². The lowest BCUT2D eigenvalue weighted by molar-refractivity contribution is -0.951. The molecule has 0 amide bonds. The number of likely N-dealkylation sites (tertiary alicyclic amines) is 1. The molecule has 1 spiro atoms. The van der Waals surface area contributed by atoms with Crippen molar-refractivity contribution in [2.75, 3.05) is 20.1 Å². The molecule has 1 aromatic rings. The zero-order chi connectivity index (χ0) is 18.8. The fourth-order valence-electron chi connectivity index (χ4n) is 6.97. The van der Waals surface area contributed by atoms with Crippen molar-refractivity contribution in [3.63, 3.8) is 0 Å². The molecule has 27 heavy (non-hydrogen) atoms. The number of phenolic OH excluding ortho intramolecular Hbond substituents is 1. The van der Waals surface area contributed by atoms with Crippen molar-refractivity contribution in [3.8, 4) is 11.5 Å². The number of hydrogen-bond donors (Lipinski definition) is 3. The highest BCUT2D eigenvalue weighted by molar-refractivity contribution is 5.90. The standard InChI is InChI=1S/C21H25NO5/c1-22(10-11-2-3-11)7-6-20-17-12-4-5-13(23)18(17)27-19(20)14(24)9-16(25)21(20,26)15(22)8-12/h4-5,11,15-16,19,25-26H,2-3,6-10H2,1H3/p+1/t15-,16?,19+,20+,21+,22-/m1/s1. The first kappa shape index (κ1) is 16.3. The van der Waals surface area contributed by atoms with Gasteiger partial charge in [-0.2, -0.15) is 0 Å². The van der Waals surface area contributed by atoms with Crippen LogP contribution in [-0.4, -0.2) is 69.6 Å². The van der Waals surface area contributed by atoms with E-state index in [2.05, 4.69) is 7.05 Å². The number of piperidine rings is 1. The van der Waals surface area contributed by atoms with Gasteiger partial charge in [0.05, 0.1) is 31.7 Å². The summed E-state index contributed by atoms with van der Waals surface area (Å²) in [6.07, 6.45) is 1.69. The number of ketones is 1. The van der Waals surface area contributed by atoms with Crippen LogP contribution in [0, 0.1) is 5.92 Å². The van der Waals surface area contributed by atoms with E-state index in [1.807, 2.05) is 6.07 Å². The molecule has 2 heterocycles. The third kappa shape index (κ3) is 1.67. The van der Waals surface area contributed by atoms with Gasteiger partial charge in [0.25, 0.3) is 0 Å². The molecule has 6 rings (SSSR count). The molecule has 3 fully saturated rings. The van der Waals surface area contributed by atoms with Crippen LogP contribution in [0.15, 0.2) is 12.1 Å². The van der Waals surface area contributed by atoms with E-state index in [4.69, 9.17) is 4.74 Å². The lowest BCUT2D eigenvalue weighted by atomic mass is 9.47. The van der Waals surface area contributed by atoms with Gasteiger partial charge in [-0.05, 0) is 24.5 Å². The van der Waals surface area contributed by atoms with Crippen LogP contribution in [0.3, 0.4) is 0 Å². The molecule has 0 radical (unpaired) electrons. The van der Waals surface area contributed by atoms with E-state index in [-0.39, 0.29) is 24.0 Å². The van der Waals surface area contributed by atoms with Crippen LogP contribution in [0.5, 0.6) is 11.5 Å². The van der Waals surface area contributed by atoms with Gasteiger partial charge < -0.3 is 24.5 Å². The zero-order valence-electron chi connectivity index (χ0n) is 15.5. The second-order valence-electron chi connectivity index (χ2n) is 9.73. The first-order valence-corrected chi connectivity index (χ1v) is 10.1. The highest BCUT2D eigenvalue weighted by atomic mass is 16.5. The predicted molar refractivity (Wildman–Crippen MR) is 95.5 cm³/mol. The largest absolute Gasteiger partial charge is 0.504 e. The maximum absolute atomic E-state index is 12.9. The van der Waals surface area contributed by atoms with E-state index < -0.39 is 23.2 Å². The lowest BCUT2D eigenvalue weighted by Crippen LogP contribution is -2.84. The summed E-state index contributed by atoms with van der Waals surface area (Å²) in [5.74, 6) is 0.881. The number of ether oxygens (including phenoxy) is 1. The Kier molecular flexibility index (Phi) is 2.83. The Morgan fingerprint density at radius 1 is 1.30 bits per heavy atom. The van der Waals surface area contributed by atoms with Gasteiger partial charge in [0.15, 0.2) is 29.0 Å². The van der Waals surface area contributed by atoms with Crippen LogP contribution in [0.25, 0.3) is 0 Å². The van der Waals surface area contributed by atoms with E-state index in [1.165, 1.54) is 12.8 Å². The SMILES string of the molecule is C[N@+]1(CC2CC2)CC[C@]23c4c5ccc(O)c4O[C@H]2C(=O)CC(O)[C@@]3(O)[C@H]1C5. The minimum absolute atomic E-state index is 0.0152. The summed E-state index contributed by atoms with van der Waals surface area (Å²) in [6, 6.07) is 3.37. The highest BCUT2D eigenvalue weighted by Gasteiger charge is 2.79. The van der Waals surface area contributed by atoms with E-state index in [1.54, 1.807) is 6.07 Å². The third-order valence-electron chi connectivity index (χ3n) is 8.33. The number of rotatable bonds is 2. The van der Waals surface area contributed by atoms with Crippen LogP contribution in [-0.2, 0) is 16.6 Å². The van der Waals surface area contributed by atoms with Crippen molar-refractivity contribution in [2.24, 2.45) is 5.92 Å². The summed E-state index contributed by atoms with van der Waals surface area (Å²) in [5.41, 5.74) is -0.549. The Labute approximate surface area is 158 Å². The lowest BCUT2D eigenvalue weighted by Gasteiger charge is -2.65. The van der Waals surface area contributed by atoms with Crippen molar-refractivity contribution in [1.29, 1.82) is 0 Å². The monoisotopic (exact) mass is 372 g/mol. The number of aliphatic hydroxyl groups is 2. The van der Waals surface area contributed by atoms with E-state index in [0.29, 0.717) is 24.5 Å². The summed E-state index contributed by atoms with van der Waals surface area (Å²) in [4.78, 5) is 12.9. The summed E-state index contributed by atoms with van der Waals surface area (Å²) >= 11 is 0. The van der Waals surface area contributed by atoms with Gasteiger partial charge in [-0.25, -0.2) is 0 Å². The average molecular weight is 372 g/mol. The van der Waals surface area contributed by atoms with Gasteiger partial charge in [0, 0.05) is 30.7 Å². The number of carbonyl (C=O) groups is 1. The third-order valence-corrected chi connectivity index (χ3v) is 8.33. The number of aromatic hydroxyl groups is 1. The molecule has 2 saturated carbocycles.